The van der Waals surface area contributed by atoms with E-state index in [1.54, 1.807) is 4.57 Å². The first-order valence-electron chi connectivity index (χ1n) is 9.42. The van der Waals surface area contributed by atoms with Crippen LogP contribution in [0.15, 0.2) is 30.3 Å². The molecule has 8 heteroatoms. The summed E-state index contributed by atoms with van der Waals surface area (Å²) in [4.78, 5) is 13.6. The van der Waals surface area contributed by atoms with Crippen molar-refractivity contribution >= 4 is 22.9 Å². The molecule has 0 amide bonds. The summed E-state index contributed by atoms with van der Waals surface area (Å²) >= 11 is 0. The molecule has 1 aromatic carbocycles. The summed E-state index contributed by atoms with van der Waals surface area (Å²) in [6, 6.07) is 12.0. The number of imidazole rings is 1. The fourth-order valence-electron chi connectivity index (χ4n) is 2.97. The second-order valence-corrected chi connectivity index (χ2v) is 6.85. The lowest BCUT2D eigenvalue weighted by Gasteiger charge is -2.16. The van der Waals surface area contributed by atoms with Crippen LogP contribution in [0.1, 0.15) is 44.6 Å². The topological polar surface area (TPSA) is 112 Å². The molecular formula is C20H25N7O. The van der Waals surface area contributed by atoms with E-state index in [4.69, 9.17) is 0 Å². The van der Waals surface area contributed by atoms with Crippen molar-refractivity contribution in [3.05, 3.63) is 41.7 Å². The van der Waals surface area contributed by atoms with Crippen molar-refractivity contribution in [2.75, 3.05) is 17.2 Å². The summed E-state index contributed by atoms with van der Waals surface area (Å²) in [5.41, 5.74) is 2.26. The highest BCUT2D eigenvalue weighted by molar-refractivity contribution is 5.85. The molecule has 0 aliphatic carbocycles. The second kappa shape index (κ2) is 8.67. The van der Waals surface area contributed by atoms with E-state index in [-0.39, 0.29) is 18.7 Å². The number of fused-ring (bicyclic) bond motifs is 1. The Morgan fingerprint density at radius 1 is 1.18 bits per heavy atom. The first-order chi connectivity index (χ1) is 13.6. The molecule has 0 fully saturated rings. The number of hydrogen-bond donors (Lipinski definition) is 3. The number of nitriles is 1. The third kappa shape index (κ3) is 4.05. The van der Waals surface area contributed by atoms with Gasteiger partial charge in [0.15, 0.2) is 17.0 Å². The molecule has 0 aliphatic heterocycles. The lowest BCUT2D eigenvalue weighted by atomic mass is 10.2. The standard InChI is InChI=1S/C20H25N7O/c1-4-15(12-28)23-20-25-18(22-11-14-8-6-5-7-9-14)17-19(26-20)27(13(2)3)16(10-21)24-17/h5-9,13,15,28H,4,11-12H2,1-3H3,(H2,22,23,25,26). The van der Waals surface area contributed by atoms with Crippen LogP contribution in [0.5, 0.6) is 0 Å². The van der Waals surface area contributed by atoms with E-state index in [1.165, 1.54) is 0 Å². The minimum Gasteiger partial charge on any atom is -0.394 e. The van der Waals surface area contributed by atoms with Gasteiger partial charge >= 0.3 is 0 Å². The lowest BCUT2D eigenvalue weighted by Crippen LogP contribution is -2.24. The van der Waals surface area contributed by atoms with Gasteiger partial charge in [-0.25, -0.2) is 4.98 Å². The number of hydrogen-bond acceptors (Lipinski definition) is 7. The number of nitrogens with zero attached hydrogens (tertiary/aromatic N) is 5. The van der Waals surface area contributed by atoms with Gasteiger partial charge in [-0.2, -0.15) is 15.2 Å². The fourth-order valence-corrected chi connectivity index (χ4v) is 2.97. The Labute approximate surface area is 164 Å². The van der Waals surface area contributed by atoms with Crippen LogP contribution in [-0.4, -0.2) is 37.3 Å². The van der Waals surface area contributed by atoms with Crippen LogP contribution < -0.4 is 10.6 Å². The molecule has 146 valence electrons. The molecule has 1 unspecified atom stereocenters. The monoisotopic (exact) mass is 379 g/mol. The van der Waals surface area contributed by atoms with Crippen molar-refractivity contribution in [2.45, 2.75) is 45.8 Å². The minimum atomic E-state index is -0.148. The van der Waals surface area contributed by atoms with Crippen LogP contribution in [0.2, 0.25) is 0 Å². The number of aliphatic hydroxyl groups excluding tert-OH is 1. The number of benzene rings is 1. The largest absolute Gasteiger partial charge is 0.394 e. The summed E-state index contributed by atoms with van der Waals surface area (Å²) in [5, 5.41) is 25.5. The molecule has 0 radical (unpaired) electrons. The SMILES string of the molecule is CCC(CO)Nc1nc(NCc2ccccc2)c2nc(C#N)n(C(C)C)c2n1. The van der Waals surface area contributed by atoms with Crippen LogP contribution in [0.3, 0.4) is 0 Å². The second-order valence-electron chi connectivity index (χ2n) is 6.85. The number of aliphatic hydroxyl groups is 1. The average molecular weight is 379 g/mol. The molecule has 28 heavy (non-hydrogen) atoms. The summed E-state index contributed by atoms with van der Waals surface area (Å²) in [6.45, 7) is 6.50. The van der Waals surface area contributed by atoms with Gasteiger partial charge in [-0.3, -0.25) is 4.57 Å². The molecule has 1 atom stereocenters. The zero-order valence-corrected chi connectivity index (χ0v) is 16.3. The van der Waals surface area contributed by atoms with E-state index in [0.717, 1.165) is 12.0 Å². The Morgan fingerprint density at radius 2 is 1.93 bits per heavy atom. The van der Waals surface area contributed by atoms with Crippen LogP contribution >= 0.6 is 0 Å². The van der Waals surface area contributed by atoms with E-state index in [0.29, 0.717) is 35.3 Å². The Hall–Kier alpha value is -3.18. The molecule has 0 bridgehead atoms. The molecule has 3 N–H and O–H groups in total. The number of aromatic nitrogens is 4. The maximum absolute atomic E-state index is 9.51. The van der Waals surface area contributed by atoms with Gasteiger partial charge in [-0.15, -0.1) is 0 Å². The van der Waals surface area contributed by atoms with Crippen LogP contribution in [0.4, 0.5) is 11.8 Å². The van der Waals surface area contributed by atoms with E-state index < -0.39 is 0 Å². The predicted molar refractivity (Wildman–Crippen MR) is 109 cm³/mol. The van der Waals surface area contributed by atoms with Gasteiger partial charge in [0.05, 0.1) is 12.6 Å². The van der Waals surface area contributed by atoms with Crippen molar-refractivity contribution in [1.29, 1.82) is 5.26 Å². The Bertz CT molecular complexity index is 972. The quantitative estimate of drug-likeness (QED) is 0.551. The van der Waals surface area contributed by atoms with E-state index in [9.17, 15) is 10.4 Å². The van der Waals surface area contributed by atoms with Gasteiger partial charge in [0.25, 0.3) is 0 Å². The van der Waals surface area contributed by atoms with Crippen LogP contribution in [0, 0.1) is 11.3 Å². The number of rotatable bonds is 8. The highest BCUT2D eigenvalue weighted by Gasteiger charge is 2.20. The van der Waals surface area contributed by atoms with E-state index in [1.807, 2.05) is 51.1 Å². The number of nitrogens with one attached hydrogen (secondary N) is 2. The molecule has 0 aliphatic rings. The van der Waals surface area contributed by atoms with E-state index >= 15 is 0 Å². The molecule has 0 saturated heterocycles. The molecule has 3 rings (SSSR count). The molecule has 2 heterocycles. The first kappa shape index (κ1) is 19.6. The molecule has 8 nitrogen and oxygen atoms in total. The fraction of sp³-hybridized carbons (Fsp3) is 0.400. The Morgan fingerprint density at radius 3 is 2.54 bits per heavy atom. The predicted octanol–water partition coefficient (Wildman–Crippen LogP) is 3.07. The summed E-state index contributed by atoms with van der Waals surface area (Å²) in [5.74, 6) is 1.25. The van der Waals surface area contributed by atoms with Crippen molar-refractivity contribution < 1.29 is 5.11 Å². The summed E-state index contributed by atoms with van der Waals surface area (Å²) in [6.07, 6.45) is 0.734. The lowest BCUT2D eigenvalue weighted by molar-refractivity contribution is 0.271. The highest BCUT2D eigenvalue weighted by atomic mass is 16.3. The molecular weight excluding hydrogens is 354 g/mol. The van der Waals surface area contributed by atoms with Crippen molar-refractivity contribution in [3.63, 3.8) is 0 Å². The van der Waals surface area contributed by atoms with Crippen molar-refractivity contribution in [1.82, 2.24) is 19.5 Å². The van der Waals surface area contributed by atoms with Gasteiger partial charge in [0.2, 0.25) is 11.8 Å². The van der Waals surface area contributed by atoms with Gasteiger partial charge in [-0.1, -0.05) is 37.3 Å². The zero-order valence-electron chi connectivity index (χ0n) is 16.3. The molecule has 0 saturated carbocycles. The molecule has 0 spiro atoms. The van der Waals surface area contributed by atoms with E-state index in [2.05, 4.69) is 31.7 Å². The van der Waals surface area contributed by atoms with Gasteiger partial charge in [-0.05, 0) is 25.8 Å². The van der Waals surface area contributed by atoms with Crippen molar-refractivity contribution in [3.8, 4) is 6.07 Å². The van der Waals surface area contributed by atoms with Gasteiger partial charge < -0.3 is 15.7 Å². The average Bonchev–Trinajstić information content (AvgIpc) is 3.10. The molecule has 3 aromatic rings. The summed E-state index contributed by atoms with van der Waals surface area (Å²) in [7, 11) is 0. The Kier molecular flexibility index (Phi) is 6.06. The van der Waals surface area contributed by atoms with Gasteiger partial charge in [0.1, 0.15) is 6.07 Å². The molecule has 2 aromatic heterocycles. The maximum atomic E-state index is 9.51. The minimum absolute atomic E-state index is 0.0163. The van der Waals surface area contributed by atoms with Crippen LogP contribution in [0.25, 0.3) is 11.2 Å². The smallest absolute Gasteiger partial charge is 0.227 e. The third-order valence-electron chi connectivity index (χ3n) is 4.51. The maximum Gasteiger partial charge on any atom is 0.227 e. The normalized spacial score (nSPS) is 12.1. The highest BCUT2D eigenvalue weighted by Crippen LogP contribution is 2.26. The third-order valence-corrected chi connectivity index (χ3v) is 4.51. The van der Waals surface area contributed by atoms with Gasteiger partial charge in [0, 0.05) is 12.6 Å². The zero-order chi connectivity index (χ0) is 20.1. The van der Waals surface area contributed by atoms with Crippen LogP contribution in [-0.2, 0) is 6.54 Å². The number of anilines is 2. The first-order valence-corrected chi connectivity index (χ1v) is 9.42. The van der Waals surface area contributed by atoms with Crippen molar-refractivity contribution in [2.24, 2.45) is 0 Å². The summed E-state index contributed by atoms with van der Waals surface area (Å²) < 4.78 is 1.80. The Balaban J connectivity index is 2.07.